The van der Waals surface area contributed by atoms with Crippen LogP contribution in [0.5, 0.6) is 0 Å². The van der Waals surface area contributed by atoms with E-state index in [2.05, 4.69) is 35.9 Å². The van der Waals surface area contributed by atoms with E-state index in [9.17, 15) is 0 Å². The van der Waals surface area contributed by atoms with Crippen molar-refractivity contribution in [3.05, 3.63) is 23.3 Å². The van der Waals surface area contributed by atoms with E-state index in [0.29, 0.717) is 4.99 Å². The molecule has 0 amide bonds. The molecule has 1 atom stereocenters. The minimum Gasteiger partial charge on any atom is -0.393 e. The van der Waals surface area contributed by atoms with E-state index in [0.717, 1.165) is 21.9 Å². The number of thioether (sulfide) groups is 1. The summed E-state index contributed by atoms with van der Waals surface area (Å²) in [5.74, 6) is 1.08. The van der Waals surface area contributed by atoms with Crippen LogP contribution in [0.15, 0.2) is 17.3 Å². The van der Waals surface area contributed by atoms with Crippen LogP contribution in [0.2, 0.25) is 0 Å². The van der Waals surface area contributed by atoms with Gasteiger partial charge < -0.3 is 10.7 Å². The highest BCUT2D eigenvalue weighted by molar-refractivity contribution is 7.99. The van der Waals surface area contributed by atoms with Crippen LogP contribution in [0.1, 0.15) is 18.1 Å². The number of thiocarbonyl (C=S) groups is 1. The third-order valence-electron chi connectivity index (χ3n) is 3.03. The predicted octanol–water partition coefficient (Wildman–Crippen LogP) is 3.19. The molecule has 96 valence electrons. The molecule has 0 radical (unpaired) electrons. The summed E-state index contributed by atoms with van der Waals surface area (Å²) in [6.45, 7) is 6.24. The second-order valence-corrected chi connectivity index (χ2v) is 6.09. The molecule has 3 N–H and O–H groups in total. The molecule has 0 bridgehead atoms. The second kappa shape index (κ2) is 5.28. The van der Waals surface area contributed by atoms with Crippen molar-refractivity contribution in [2.45, 2.75) is 25.9 Å². The van der Waals surface area contributed by atoms with Crippen LogP contribution in [0.3, 0.4) is 0 Å². The fraction of sp³-hybridized carbons (Fsp3) is 0.385. The predicted molar refractivity (Wildman–Crippen MR) is 82.2 cm³/mol. The first-order valence-electron chi connectivity index (χ1n) is 5.86. The molecule has 18 heavy (non-hydrogen) atoms. The van der Waals surface area contributed by atoms with Gasteiger partial charge in [-0.05, 0) is 37.1 Å². The molecule has 2 aromatic rings. The van der Waals surface area contributed by atoms with Crippen molar-refractivity contribution in [1.82, 2.24) is 9.97 Å². The second-order valence-electron chi connectivity index (χ2n) is 4.61. The van der Waals surface area contributed by atoms with Crippen LogP contribution in [0.25, 0.3) is 11.0 Å². The number of H-pyrrole nitrogens is 1. The quantitative estimate of drug-likeness (QED) is 0.666. The summed E-state index contributed by atoms with van der Waals surface area (Å²) >= 11 is 6.63. The van der Waals surface area contributed by atoms with Crippen molar-refractivity contribution in [3.63, 3.8) is 0 Å². The van der Waals surface area contributed by atoms with Crippen LogP contribution in [0, 0.1) is 19.8 Å². The van der Waals surface area contributed by atoms with E-state index in [1.165, 1.54) is 11.1 Å². The van der Waals surface area contributed by atoms with E-state index >= 15 is 0 Å². The minimum atomic E-state index is 0.224. The van der Waals surface area contributed by atoms with Crippen molar-refractivity contribution in [1.29, 1.82) is 0 Å². The van der Waals surface area contributed by atoms with Crippen LogP contribution in [-0.2, 0) is 0 Å². The first-order valence-corrected chi connectivity index (χ1v) is 7.26. The molecule has 0 spiro atoms. The molecule has 0 aliphatic rings. The maximum absolute atomic E-state index is 5.60. The lowest BCUT2D eigenvalue weighted by atomic mass is 10.1. The maximum Gasteiger partial charge on any atom is 0.166 e. The summed E-state index contributed by atoms with van der Waals surface area (Å²) in [7, 11) is 0. The number of hydrogen-bond acceptors (Lipinski definition) is 3. The molecule has 0 saturated heterocycles. The van der Waals surface area contributed by atoms with Gasteiger partial charge in [0.2, 0.25) is 0 Å². The van der Waals surface area contributed by atoms with Crippen molar-refractivity contribution < 1.29 is 0 Å². The number of hydrogen-bond donors (Lipinski definition) is 2. The SMILES string of the molecule is Cc1cc2nc(SCC(C)C(N)=S)[nH]c2cc1C. The lowest BCUT2D eigenvalue weighted by Crippen LogP contribution is -2.20. The average Bonchev–Trinajstić information content (AvgIpc) is 2.68. The van der Waals surface area contributed by atoms with Gasteiger partial charge in [0.05, 0.1) is 16.0 Å². The number of fused-ring (bicyclic) bond motifs is 1. The van der Waals surface area contributed by atoms with Crippen LogP contribution < -0.4 is 5.73 Å². The molecule has 2 rings (SSSR count). The number of imidazole rings is 1. The van der Waals surface area contributed by atoms with Crippen LogP contribution in [0.4, 0.5) is 0 Å². The van der Waals surface area contributed by atoms with Crippen LogP contribution in [-0.4, -0.2) is 20.7 Å². The number of rotatable bonds is 4. The fourth-order valence-corrected chi connectivity index (χ4v) is 2.72. The Labute approximate surface area is 117 Å². The van der Waals surface area contributed by atoms with E-state index in [-0.39, 0.29) is 5.92 Å². The van der Waals surface area contributed by atoms with Crippen molar-refractivity contribution in [2.24, 2.45) is 11.7 Å². The summed E-state index contributed by atoms with van der Waals surface area (Å²) in [5.41, 5.74) is 10.2. The highest BCUT2D eigenvalue weighted by atomic mass is 32.2. The first-order chi connectivity index (χ1) is 8.47. The Bertz CT molecular complexity index is 550. The Morgan fingerprint density at radius 2 is 2.11 bits per heavy atom. The minimum absolute atomic E-state index is 0.224. The molecule has 0 saturated carbocycles. The molecule has 0 fully saturated rings. The number of benzene rings is 1. The number of aryl methyl sites for hydroxylation is 2. The zero-order chi connectivity index (χ0) is 13.3. The Hall–Kier alpha value is -1.07. The monoisotopic (exact) mass is 279 g/mol. The summed E-state index contributed by atoms with van der Waals surface area (Å²) in [6.07, 6.45) is 0. The van der Waals surface area contributed by atoms with Gasteiger partial charge in [0, 0.05) is 11.7 Å². The normalized spacial score (nSPS) is 12.8. The smallest absolute Gasteiger partial charge is 0.166 e. The van der Waals surface area contributed by atoms with Crippen LogP contribution >= 0.6 is 24.0 Å². The molecule has 1 aromatic heterocycles. The Kier molecular flexibility index (Phi) is 3.92. The highest BCUT2D eigenvalue weighted by Crippen LogP contribution is 2.23. The van der Waals surface area contributed by atoms with Gasteiger partial charge in [-0.3, -0.25) is 0 Å². The third-order valence-corrected chi connectivity index (χ3v) is 4.57. The molecule has 0 aliphatic carbocycles. The van der Waals surface area contributed by atoms with Gasteiger partial charge in [-0.2, -0.15) is 0 Å². The Morgan fingerprint density at radius 1 is 1.44 bits per heavy atom. The molecule has 0 aliphatic heterocycles. The van der Waals surface area contributed by atoms with Gasteiger partial charge >= 0.3 is 0 Å². The topological polar surface area (TPSA) is 54.7 Å². The molecular weight excluding hydrogens is 262 g/mol. The van der Waals surface area contributed by atoms with Crippen molar-refractivity contribution in [3.8, 4) is 0 Å². The third kappa shape index (κ3) is 2.84. The number of aromatic nitrogens is 2. The van der Waals surface area contributed by atoms with Crippen molar-refractivity contribution in [2.75, 3.05) is 5.75 Å². The maximum atomic E-state index is 5.60. The lowest BCUT2D eigenvalue weighted by Gasteiger charge is -2.06. The largest absolute Gasteiger partial charge is 0.393 e. The van der Waals surface area contributed by atoms with E-state index < -0.39 is 0 Å². The fourth-order valence-electron chi connectivity index (χ4n) is 1.60. The molecule has 3 nitrogen and oxygen atoms in total. The summed E-state index contributed by atoms with van der Waals surface area (Å²) in [6, 6.07) is 4.25. The van der Waals surface area contributed by atoms with Gasteiger partial charge in [0.15, 0.2) is 5.16 Å². The van der Waals surface area contributed by atoms with E-state index in [1.54, 1.807) is 11.8 Å². The molecular formula is C13H17N3S2. The molecule has 1 aromatic carbocycles. The standard InChI is InChI=1S/C13H17N3S2/c1-7-4-10-11(5-8(7)2)16-13(15-10)18-6-9(3)12(14)17/h4-5,9H,6H2,1-3H3,(H2,14,17)(H,15,16). The van der Waals surface area contributed by atoms with Gasteiger partial charge in [-0.1, -0.05) is 30.9 Å². The zero-order valence-corrected chi connectivity index (χ0v) is 12.4. The molecule has 5 heteroatoms. The van der Waals surface area contributed by atoms with Gasteiger partial charge in [0.25, 0.3) is 0 Å². The Morgan fingerprint density at radius 3 is 2.78 bits per heavy atom. The number of aromatic amines is 1. The van der Waals surface area contributed by atoms with E-state index in [1.807, 2.05) is 6.92 Å². The molecule has 1 heterocycles. The first kappa shape index (κ1) is 13.4. The number of nitrogens with two attached hydrogens (primary N) is 1. The van der Waals surface area contributed by atoms with Gasteiger partial charge in [-0.25, -0.2) is 4.98 Å². The lowest BCUT2D eigenvalue weighted by molar-refractivity contribution is 0.901. The summed E-state index contributed by atoms with van der Waals surface area (Å²) < 4.78 is 0. The Balaban J connectivity index is 2.18. The van der Waals surface area contributed by atoms with Gasteiger partial charge in [0.1, 0.15) is 0 Å². The number of nitrogens with zero attached hydrogens (tertiary/aromatic N) is 1. The highest BCUT2D eigenvalue weighted by Gasteiger charge is 2.09. The average molecular weight is 279 g/mol. The van der Waals surface area contributed by atoms with Gasteiger partial charge in [-0.15, -0.1) is 0 Å². The van der Waals surface area contributed by atoms with E-state index in [4.69, 9.17) is 18.0 Å². The molecule has 1 unspecified atom stereocenters. The summed E-state index contributed by atoms with van der Waals surface area (Å²) in [5, 5.41) is 0.929. The summed E-state index contributed by atoms with van der Waals surface area (Å²) in [4.78, 5) is 8.46. The van der Waals surface area contributed by atoms with Crippen molar-refractivity contribution >= 4 is 40.0 Å². The number of nitrogens with one attached hydrogen (secondary N) is 1. The zero-order valence-electron chi connectivity index (χ0n) is 10.8.